The fraction of sp³-hybridized carbons (Fsp3) is 0.294. The summed E-state index contributed by atoms with van der Waals surface area (Å²) in [6, 6.07) is 33.8. The van der Waals surface area contributed by atoms with Crippen LogP contribution in [0, 0.1) is 0 Å². The quantitative estimate of drug-likeness (QED) is 0.172. The largest absolute Gasteiger partial charge is 0.489 e. The highest BCUT2D eigenvalue weighted by Crippen LogP contribution is 2.45. The molecule has 0 radical (unpaired) electrons. The van der Waals surface area contributed by atoms with Crippen molar-refractivity contribution in [3.05, 3.63) is 108 Å². The SMILES string of the molecule is COCCOc1cc(Sc2cccc(CCc3ccccc3)c2)cc(Oc2ccccc2)c1N1CCN(C)CC1. The topological polar surface area (TPSA) is 34.2 Å². The highest BCUT2D eigenvalue weighted by atomic mass is 32.2. The van der Waals surface area contributed by atoms with Gasteiger partial charge in [-0.2, -0.15) is 0 Å². The molecule has 1 heterocycles. The molecule has 0 N–H and O–H groups in total. The molecule has 1 fully saturated rings. The van der Waals surface area contributed by atoms with E-state index in [1.165, 1.54) is 16.0 Å². The number of methoxy groups -OCH3 is 1. The van der Waals surface area contributed by atoms with Crippen molar-refractivity contribution in [1.29, 1.82) is 0 Å². The molecule has 0 atom stereocenters. The molecule has 5 rings (SSSR count). The summed E-state index contributed by atoms with van der Waals surface area (Å²) in [6.45, 7) is 4.82. The number of para-hydroxylation sites is 1. The van der Waals surface area contributed by atoms with E-state index in [0.29, 0.717) is 13.2 Å². The Labute approximate surface area is 242 Å². The van der Waals surface area contributed by atoms with Gasteiger partial charge in [-0.3, -0.25) is 0 Å². The molecule has 40 heavy (non-hydrogen) atoms. The van der Waals surface area contributed by atoms with Crippen molar-refractivity contribution in [3.8, 4) is 17.2 Å². The molecule has 6 heteroatoms. The average Bonchev–Trinajstić information content (AvgIpc) is 2.98. The highest BCUT2D eigenvalue weighted by molar-refractivity contribution is 7.99. The van der Waals surface area contributed by atoms with Crippen molar-refractivity contribution in [1.82, 2.24) is 4.90 Å². The number of benzene rings is 4. The van der Waals surface area contributed by atoms with E-state index < -0.39 is 0 Å². The van der Waals surface area contributed by atoms with Gasteiger partial charge in [0, 0.05) is 43.1 Å². The van der Waals surface area contributed by atoms with Crippen LogP contribution in [0.5, 0.6) is 17.2 Å². The first-order valence-electron chi connectivity index (χ1n) is 13.9. The van der Waals surface area contributed by atoms with E-state index in [-0.39, 0.29) is 0 Å². The van der Waals surface area contributed by atoms with Gasteiger partial charge >= 0.3 is 0 Å². The van der Waals surface area contributed by atoms with Gasteiger partial charge in [-0.25, -0.2) is 0 Å². The third-order valence-electron chi connectivity index (χ3n) is 7.03. The second-order valence-electron chi connectivity index (χ2n) is 10.0. The summed E-state index contributed by atoms with van der Waals surface area (Å²) in [5.41, 5.74) is 3.70. The molecule has 5 nitrogen and oxygen atoms in total. The van der Waals surface area contributed by atoms with Gasteiger partial charge in [-0.1, -0.05) is 72.4 Å². The minimum Gasteiger partial charge on any atom is -0.489 e. The van der Waals surface area contributed by atoms with Gasteiger partial charge in [0.05, 0.1) is 6.61 Å². The summed E-state index contributed by atoms with van der Waals surface area (Å²) >= 11 is 1.74. The molecule has 4 aromatic rings. The Morgan fingerprint density at radius 2 is 1.35 bits per heavy atom. The van der Waals surface area contributed by atoms with E-state index in [2.05, 4.69) is 83.6 Å². The molecule has 0 spiro atoms. The van der Waals surface area contributed by atoms with E-state index in [9.17, 15) is 0 Å². The van der Waals surface area contributed by atoms with E-state index in [1.54, 1.807) is 18.9 Å². The number of hydrogen-bond acceptors (Lipinski definition) is 6. The number of likely N-dealkylation sites (N-methyl/N-ethyl adjacent to an activating group) is 1. The number of hydrogen-bond donors (Lipinski definition) is 0. The fourth-order valence-electron chi connectivity index (χ4n) is 4.83. The zero-order valence-electron chi connectivity index (χ0n) is 23.4. The van der Waals surface area contributed by atoms with E-state index in [0.717, 1.165) is 66.9 Å². The molecule has 4 aromatic carbocycles. The van der Waals surface area contributed by atoms with Crippen LogP contribution in [0.15, 0.2) is 107 Å². The Morgan fingerprint density at radius 3 is 2.10 bits per heavy atom. The summed E-state index contributed by atoms with van der Waals surface area (Å²) < 4.78 is 18.2. The lowest BCUT2D eigenvalue weighted by Crippen LogP contribution is -2.44. The van der Waals surface area contributed by atoms with Crippen molar-refractivity contribution >= 4 is 17.4 Å². The van der Waals surface area contributed by atoms with Gasteiger partial charge < -0.3 is 24.0 Å². The number of nitrogens with zero attached hydrogens (tertiary/aromatic N) is 2. The number of ether oxygens (including phenoxy) is 3. The predicted octanol–water partition coefficient (Wildman–Crippen LogP) is 7.19. The van der Waals surface area contributed by atoms with Crippen LogP contribution in [-0.2, 0) is 17.6 Å². The van der Waals surface area contributed by atoms with E-state index in [4.69, 9.17) is 14.2 Å². The summed E-state index contributed by atoms with van der Waals surface area (Å²) in [6.07, 6.45) is 2.04. The minimum absolute atomic E-state index is 0.477. The van der Waals surface area contributed by atoms with E-state index >= 15 is 0 Å². The lowest BCUT2D eigenvalue weighted by molar-refractivity contribution is 0.146. The van der Waals surface area contributed by atoms with Crippen molar-refractivity contribution in [2.24, 2.45) is 0 Å². The average molecular weight is 555 g/mol. The molecule has 0 aromatic heterocycles. The fourth-order valence-corrected chi connectivity index (χ4v) is 5.79. The lowest BCUT2D eigenvalue weighted by atomic mass is 10.0. The molecule has 1 saturated heterocycles. The molecule has 0 amide bonds. The first-order chi connectivity index (χ1) is 19.7. The highest BCUT2D eigenvalue weighted by Gasteiger charge is 2.24. The molecule has 0 bridgehead atoms. The van der Waals surface area contributed by atoms with Crippen molar-refractivity contribution in [2.75, 3.05) is 58.5 Å². The zero-order chi connectivity index (χ0) is 27.6. The van der Waals surface area contributed by atoms with Crippen LogP contribution in [0.1, 0.15) is 11.1 Å². The number of aryl methyl sites for hydroxylation is 2. The maximum Gasteiger partial charge on any atom is 0.155 e. The van der Waals surface area contributed by atoms with Gasteiger partial charge in [-0.15, -0.1) is 0 Å². The third-order valence-corrected chi connectivity index (χ3v) is 7.99. The second kappa shape index (κ2) is 14.3. The van der Waals surface area contributed by atoms with Crippen molar-refractivity contribution in [2.45, 2.75) is 22.6 Å². The second-order valence-corrected chi connectivity index (χ2v) is 11.2. The monoisotopic (exact) mass is 554 g/mol. The van der Waals surface area contributed by atoms with Crippen LogP contribution in [0.3, 0.4) is 0 Å². The molecule has 0 aliphatic carbocycles. The third kappa shape index (κ3) is 7.81. The maximum atomic E-state index is 6.55. The molecule has 208 valence electrons. The normalized spacial score (nSPS) is 13.8. The van der Waals surface area contributed by atoms with Crippen LogP contribution in [0.4, 0.5) is 5.69 Å². The van der Waals surface area contributed by atoms with Crippen LogP contribution in [0.25, 0.3) is 0 Å². The number of anilines is 1. The van der Waals surface area contributed by atoms with Gasteiger partial charge in [-0.05, 0) is 67.4 Å². The Balaban J connectivity index is 1.44. The smallest absolute Gasteiger partial charge is 0.155 e. The Kier molecular flexibility index (Phi) is 10.0. The van der Waals surface area contributed by atoms with Crippen molar-refractivity contribution in [3.63, 3.8) is 0 Å². The maximum absolute atomic E-state index is 6.55. The van der Waals surface area contributed by atoms with Gasteiger partial charge in [0.15, 0.2) is 5.75 Å². The Bertz CT molecular complexity index is 1340. The molecule has 1 aliphatic rings. The van der Waals surface area contributed by atoms with Crippen LogP contribution >= 0.6 is 11.8 Å². The van der Waals surface area contributed by atoms with Crippen LogP contribution in [-0.4, -0.2) is 58.5 Å². The van der Waals surface area contributed by atoms with Crippen LogP contribution in [0.2, 0.25) is 0 Å². The standard InChI is InChI=1S/C34H38N2O3S/c1-35-18-20-36(21-19-35)34-32(38-23-22-37-2)25-31(26-33(34)39-29-13-7-4-8-14-29)40-30-15-9-12-28(24-30)17-16-27-10-5-3-6-11-27/h3-15,24-26H,16-23H2,1-2H3. The minimum atomic E-state index is 0.477. The summed E-state index contributed by atoms with van der Waals surface area (Å²) in [7, 11) is 3.87. The number of piperazine rings is 1. The van der Waals surface area contributed by atoms with E-state index in [1.807, 2.05) is 30.3 Å². The van der Waals surface area contributed by atoms with Gasteiger partial charge in [0.1, 0.15) is 23.8 Å². The van der Waals surface area contributed by atoms with Crippen LogP contribution < -0.4 is 14.4 Å². The summed E-state index contributed by atoms with van der Waals surface area (Å²) in [5.74, 6) is 2.46. The lowest BCUT2D eigenvalue weighted by Gasteiger charge is -2.36. The Hall–Kier alpha value is -3.45. The molecule has 0 saturated carbocycles. The summed E-state index contributed by atoms with van der Waals surface area (Å²) in [4.78, 5) is 7.02. The first-order valence-corrected chi connectivity index (χ1v) is 14.8. The molecule has 0 unspecified atom stereocenters. The first kappa shape index (κ1) is 28.1. The molecule has 1 aliphatic heterocycles. The Morgan fingerprint density at radius 1 is 0.675 bits per heavy atom. The molecular formula is C34H38N2O3S. The van der Waals surface area contributed by atoms with Crippen molar-refractivity contribution < 1.29 is 14.2 Å². The van der Waals surface area contributed by atoms with Gasteiger partial charge in [0.25, 0.3) is 0 Å². The molecular weight excluding hydrogens is 516 g/mol. The predicted molar refractivity (Wildman–Crippen MR) is 164 cm³/mol. The summed E-state index contributed by atoms with van der Waals surface area (Å²) in [5, 5.41) is 0. The number of rotatable bonds is 12. The zero-order valence-corrected chi connectivity index (χ0v) is 24.2. The van der Waals surface area contributed by atoms with Gasteiger partial charge in [0.2, 0.25) is 0 Å².